The Morgan fingerprint density at radius 3 is 0.857 bits per heavy atom. The Balaban J connectivity index is 3.01. The third-order valence-corrected chi connectivity index (χ3v) is 8.36. The SMILES string of the molecule is C[Si](C)(Cl)CCCCCCCCCCCCCCCCCCCCCCCS. The average molecular weight is 449 g/mol. The third kappa shape index (κ3) is 26.9. The van der Waals surface area contributed by atoms with Gasteiger partial charge in [0, 0.05) is 0 Å². The minimum Gasteiger partial charge on any atom is -0.179 e. The maximum Gasteiger partial charge on any atom is 0.150 e. The number of hydrogen-bond acceptors (Lipinski definition) is 1. The second-order valence-corrected chi connectivity index (χ2v) is 17.1. The highest BCUT2D eigenvalue weighted by molar-refractivity contribution is 7.80. The van der Waals surface area contributed by atoms with Gasteiger partial charge in [0.2, 0.25) is 0 Å². The Kier molecular flexibility index (Phi) is 23.2. The van der Waals surface area contributed by atoms with Crippen LogP contribution >= 0.6 is 23.7 Å². The molecular weight excluding hydrogens is 396 g/mol. The van der Waals surface area contributed by atoms with Gasteiger partial charge in [-0.3, -0.25) is 0 Å². The molecule has 0 fully saturated rings. The van der Waals surface area contributed by atoms with Crippen molar-refractivity contribution in [3.63, 3.8) is 0 Å². The number of halogens is 1. The largest absolute Gasteiger partial charge is 0.179 e. The average Bonchev–Trinajstić information content (AvgIpc) is 2.65. The Morgan fingerprint density at radius 2 is 0.643 bits per heavy atom. The van der Waals surface area contributed by atoms with Crippen LogP contribution in [-0.2, 0) is 0 Å². The van der Waals surface area contributed by atoms with Crippen molar-refractivity contribution >= 4 is 31.1 Å². The van der Waals surface area contributed by atoms with Crippen molar-refractivity contribution in [1.29, 1.82) is 0 Å². The van der Waals surface area contributed by atoms with E-state index in [1.165, 1.54) is 141 Å². The minimum absolute atomic E-state index is 1.07. The van der Waals surface area contributed by atoms with Crippen molar-refractivity contribution in [1.82, 2.24) is 0 Å². The molecule has 0 aliphatic rings. The summed E-state index contributed by atoms with van der Waals surface area (Å²) in [5.41, 5.74) is 0. The summed E-state index contributed by atoms with van der Waals surface area (Å²) in [6.07, 6.45) is 30.3. The number of unbranched alkanes of at least 4 members (excludes halogenated alkanes) is 20. The van der Waals surface area contributed by atoms with Crippen LogP contribution in [0, 0.1) is 0 Å². The van der Waals surface area contributed by atoms with Crippen LogP contribution in [0.25, 0.3) is 0 Å². The summed E-state index contributed by atoms with van der Waals surface area (Å²) in [5, 5.41) is 0. The molecule has 0 aromatic rings. The topological polar surface area (TPSA) is 0 Å². The van der Waals surface area contributed by atoms with Gasteiger partial charge in [0.25, 0.3) is 0 Å². The first-order valence-corrected chi connectivity index (χ1v) is 17.7. The lowest BCUT2D eigenvalue weighted by molar-refractivity contribution is 0.521. The zero-order chi connectivity index (χ0) is 20.8. The standard InChI is InChI=1S/C25H53ClSSi/c1-28(2,26)25-23-21-19-17-15-13-11-9-7-5-3-4-6-8-10-12-14-16-18-20-22-24-27/h27H,3-25H2,1-2H3. The smallest absolute Gasteiger partial charge is 0.150 e. The molecule has 0 saturated heterocycles. The van der Waals surface area contributed by atoms with Crippen LogP contribution in [0.4, 0.5) is 0 Å². The first-order valence-electron chi connectivity index (χ1n) is 12.9. The van der Waals surface area contributed by atoms with Crippen LogP contribution in [0.2, 0.25) is 19.1 Å². The van der Waals surface area contributed by atoms with Crippen molar-refractivity contribution in [2.24, 2.45) is 0 Å². The summed E-state index contributed by atoms with van der Waals surface area (Å²) in [5.74, 6) is 1.07. The summed E-state index contributed by atoms with van der Waals surface area (Å²) in [6.45, 7) is 4.54. The summed E-state index contributed by atoms with van der Waals surface area (Å²) in [6, 6.07) is 1.30. The fourth-order valence-electron chi connectivity index (χ4n) is 4.02. The van der Waals surface area contributed by atoms with Gasteiger partial charge in [-0.1, -0.05) is 142 Å². The Morgan fingerprint density at radius 1 is 0.429 bits per heavy atom. The van der Waals surface area contributed by atoms with Crippen molar-refractivity contribution in [2.45, 2.75) is 154 Å². The van der Waals surface area contributed by atoms with E-state index in [-0.39, 0.29) is 0 Å². The van der Waals surface area contributed by atoms with Gasteiger partial charge in [0.15, 0.2) is 0 Å². The van der Waals surface area contributed by atoms with Gasteiger partial charge in [-0.25, -0.2) is 0 Å². The highest BCUT2D eigenvalue weighted by atomic mass is 35.6. The third-order valence-electron chi connectivity index (χ3n) is 5.93. The highest BCUT2D eigenvalue weighted by Crippen LogP contribution is 2.19. The molecule has 0 amide bonds. The van der Waals surface area contributed by atoms with E-state index in [0.29, 0.717) is 0 Å². The molecule has 0 N–H and O–H groups in total. The Bertz CT molecular complexity index is 291. The van der Waals surface area contributed by atoms with Gasteiger partial charge in [0.1, 0.15) is 7.38 Å². The van der Waals surface area contributed by atoms with Gasteiger partial charge < -0.3 is 0 Å². The molecular formula is C25H53ClSSi. The molecule has 0 radical (unpaired) electrons. The molecule has 0 bridgehead atoms. The molecule has 0 saturated carbocycles. The van der Waals surface area contributed by atoms with Crippen molar-refractivity contribution in [3.05, 3.63) is 0 Å². The fourth-order valence-corrected chi connectivity index (χ4v) is 5.73. The van der Waals surface area contributed by atoms with E-state index < -0.39 is 7.38 Å². The number of rotatable bonds is 23. The molecule has 0 atom stereocenters. The molecule has 0 spiro atoms. The Hall–Kier alpha value is 0.857. The lowest BCUT2D eigenvalue weighted by Crippen LogP contribution is -2.14. The highest BCUT2D eigenvalue weighted by Gasteiger charge is 2.15. The molecule has 28 heavy (non-hydrogen) atoms. The quantitative estimate of drug-likeness (QED) is 0.0682. The van der Waals surface area contributed by atoms with E-state index in [1.54, 1.807) is 0 Å². The summed E-state index contributed by atoms with van der Waals surface area (Å²) in [7, 11) is -1.30. The van der Waals surface area contributed by atoms with E-state index in [2.05, 4.69) is 25.7 Å². The zero-order valence-electron chi connectivity index (χ0n) is 19.6. The summed E-state index contributed by atoms with van der Waals surface area (Å²) in [4.78, 5) is 0. The summed E-state index contributed by atoms with van der Waals surface area (Å²) < 4.78 is 0. The predicted molar refractivity (Wildman–Crippen MR) is 139 cm³/mol. The maximum absolute atomic E-state index is 6.36. The van der Waals surface area contributed by atoms with Crippen LogP contribution in [0.5, 0.6) is 0 Å². The van der Waals surface area contributed by atoms with Gasteiger partial charge in [-0.2, -0.15) is 23.7 Å². The van der Waals surface area contributed by atoms with E-state index in [1.807, 2.05) is 0 Å². The van der Waals surface area contributed by atoms with Gasteiger partial charge >= 0.3 is 0 Å². The first-order chi connectivity index (χ1) is 13.6. The van der Waals surface area contributed by atoms with Crippen LogP contribution in [0.1, 0.15) is 135 Å². The Labute approximate surface area is 190 Å². The van der Waals surface area contributed by atoms with Gasteiger partial charge in [-0.05, 0) is 18.2 Å². The van der Waals surface area contributed by atoms with E-state index in [9.17, 15) is 0 Å². The molecule has 0 unspecified atom stereocenters. The lowest BCUT2D eigenvalue weighted by Gasteiger charge is -2.11. The fraction of sp³-hybridized carbons (Fsp3) is 1.00. The molecule has 0 aromatic carbocycles. The molecule has 0 nitrogen and oxygen atoms in total. The van der Waals surface area contributed by atoms with Crippen LogP contribution in [0.15, 0.2) is 0 Å². The molecule has 0 rings (SSSR count). The lowest BCUT2D eigenvalue weighted by atomic mass is 10.0. The number of hydrogen-bond donors (Lipinski definition) is 1. The van der Waals surface area contributed by atoms with Crippen LogP contribution in [-0.4, -0.2) is 13.1 Å². The molecule has 0 aliphatic carbocycles. The summed E-state index contributed by atoms with van der Waals surface area (Å²) >= 11 is 10.6. The van der Waals surface area contributed by atoms with E-state index in [4.69, 9.17) is 11.1 Å². The minimum atomic E-state index is -1.30. The molecule has 170 valence electrons. The van der Waals surface area contributed by atoms with E-state index in [0.717, 1.165) is 5.75 Å². The normalized spacial score (nSPS) is 12.0. The van der Waals surface area contributed by atoms with E-state index >= 15 is 0 Å². The van der Waals surface area contributed by atoms with Gasteiger partial charge in [0.05, 0.1) is 0 Å². The zero-order valence-corrected chi connectivity index (χ0v) is 22.2. The van der Waals surface area contributed by atoms with Crippen LogP contribution < -0.4 is 0 Å². The molecule has 3 heteroatoms. The first kappa shape index (κ1) is 28.9. The second-order valence-electron chi connectivity index (χ2n) is 9.62. The van der Waals surface area contributed by atoms with Crippen molar-refractivity contribution in [3.8, 4) is 0 Å². The monoisotopic (exact) mass is 448 g/mol. The molecule has 0 heterocycles. The molecule has 0 aromatic heterocycles. The maximum atomic E-state index is 6.36. The van der Waals surface area contributed by atoms with Gasteiger partial charge in [-0.15, -0.1) is 0 Å². The van der Waals surface area contributed by atoms with Crippen molar-refractivity contribution in [2.75, 3.05) is 5.75 Å². The van der Waals surface area contributed by atoms with Crippen LogP contribution in [0.3, 0.4) is 0 Å². The second kappa shape index (κ2) is 22.5. The van der Waals surface area contributed by atoms with Crippen molar-refractivity contribution < 1.29 is 0 Å². The predicted octanol–water partition coefficient (Wildman–Crippen LogP) is 10.6. The number of thiol groups is 1. The molecule has 0 aliphatic heterocycles.